The van der Waals surface area contributed by atoms with Crippen LogP contribution in [-0.2, 0) is 28.4 Å². The Hall–Kier alpha value is -1.82. The highest BCUT2D eigenvalue weighted by atomic mass is 16.7. The van der Waals surface area contributed by atoms with E-state index in [0.717, 1.165) is 12.8 Å². The Morgan fingerprint density at radius 2 is 1.42 bits per heavy atom. The number of hydrogen-bond acceptors (Lipinski definition) is 13. The van der Waals surface area contributed by atoms with E-state index < -0.39 is 103 Å². The van der Waals surface area contributed by atoms with E-state index in [4.69, 9.17) is 34.2 Å². The van der Waals surface area contributed by atoms with Gasteiger partial charge < -0.3 is 65.2 Å². The smallest absolute Gasteiger partial charge is 0.408 e. The number of nitrogens with one attached hydrogen (secondary N) is 2. The molecule has 0 aromatic heterocycles. The van der Waals surface area contributed by atoms with Gasteiger partial charge in [-0.05, 0) is 73.1 Å². The summed E-state index contributed by atoms with van der Waals surface area (Å²) in [4.78, 5) is 25.3. The molecule has 15 heteroatoms. The molecule has 45 heavy (non-hydrogen) atoms. The molecule has 3 aliphatic rings. The third-order valence-corrected chi connectivity index (χ3v) is 8.06. The normalized spacial score (nSPS) is 39.5. The van der Waals surface area contributed by atoms with Crippen LogP contribution in [0.1, 0.15) is 81.1 Å². The first-order valence-electron chi connectivity index (χ1n) is 15.8. The fourth-order valence-electron chi connectivity index (χ4n) is 5.85. The predicted octanol–water partition coefficient (Wildman–Crippen LogP) is 0.626. The highest BCUT2D eigenvalue weighted by Crippen LogP contribution is 2.35. The summed E-state index contributed by atoms with van der Waals surface area (Å²) in [7, 11) is 0. The molecule has 0 spiro atoms. The predicted molar refractivity (Wildman–Crippen MR) is 160 cm³/mol. The van der Waals surface area contributed by atoms with E-state index in [1.807, 2.05) is 6.92 Å². The lowest BCUT2D eigenvalue weighted by Gasteiger charge is -2.48. The highest BCUT2D eigenvalue weighted by molar-refractivity contribution is 5.68. The standard InChI is InChI=1S/C30H55N3O12/c1-9-15-10-11-16(31)25(40-15)43-24-17(32-27(38)44-29(3,4)5)12-14(2)23(22(24)37)42-26-21(36)19(20(35)18(13-34)41-26)33-28(39)45-30(6,7)8/h14-26,34-37H,9-13,31H2,1-8H3,(H,32,38)(H,33,39). The lowest BCUT2D eigenvalue weighted by Crippen LogP contribution is -2.67. The zero-order chi connectivity index (χ0) is 33.9. The fourth-order valence-corrected chi connectivity index (χ4v) is 5.85. The molecule has 262 valence electrons. The van der Waals surface area contributed by atoms with Gasteiger partial charge in [0.15, 0.2) is 12.6 Å². The zero-order valence-corrected chi connectivity index (χ0v) is 27.7. The van der Waals surface area contributed by atoms with Crippen molar-refractivity contribution in [3.63, 3.8) is 0 Å². The number of alkyl carbamates (subject to hydrolysis) is 2. The van der Waals surface area contributed by atoms with Gasteiger partial charge in [0.05, 0.1) is 36.9 Å². The molecule has 13 atom stereocenters. The van der Waals surface area contributed by atoms with Crippen LogP contribution in [0.4, 0.5) is 9.59 Å². The fraction of sp³-hybridized carbons (Fsp3) is 0.933. The molecule has 1 saturated carbocycles. The van der Waals surface area contributed by atoms with Crippen LogP contribution < -0.4 is 16.4 Å². The maximum absolute atomic E-state index is 12.8. The summed E-state index contributed by atoms with van der Waals surface area (Å²) < 4.78 is 35.0. The molecule has 0 aromatic carbocycles. The molecule has 15 nitrogen and oxygen atoms in total. The van der Waals surface area contributed by atoms with Crippen LogP contribution in [-0.4, -0.2) is 124 Å². The maximum atomic E-state index is 12.8. The van der Waals surface area contributed by atoms with Gasteiger partial charge >= 0.3 is 12.2 Å². The topological polar surface area (TPSA) is 221 Å². The molecule has 8 N–H and O–H groups in total. The minimum absolute atomic E-state index is 0.0826. The molecule has 13 unspecified atom stereocenters. The molecule has 2 aliphatic heterocycles. The van der Waals surface area contributed by atoms with Crippen molar-refractivity contribution in [3.05, 3.63) is 0 Å². The Labute approximate surface area is 265 Å². The highest BCUT2D eigenvalue weighted by Gasteiger charge is 2.52. The molecule has 1 aliphatic carbocycles. The number of carbonyl (C=O) groups excluding carboxylic acids is 2. The number of amides is 2. The molecule has 0 bridgehead atoms. The van der Waals surface area contributed by atoms with Crippen LogP contribution in [0.3, 0.4) is 0 Å². The maximum Gasteiger partial charge on any atom is 0.408 e. The quantitative estimate of drug-likeness (QED) is 0.192. The molecule has 0 aromatic rings. The number of nitrogens with two attached hydrogens (primary N) is 1. The van der Waals surface area contributed by atoms with Crippen LogP contribution >= 0.6 is 0 Å². The van der Waals surface area contributed by atoms with Gasteiger partial charge in [-0.25, -0.2) is 9.59 Å². The summed E-state index contributed by atoms with van der Waals surface area (Å²) in [5, 5.41) is 48.8. The van der Waals surface area contributed by atoms with E-state index in [1.165, 1.54) is 0 Å². The lowest BCUT2D eigenvalue weighted by atomic mass is 9.80. The number of aliphatic hydroxyl groups excluding tert-OH is 4. The minimum atomic E-state index is -1.62. The van der Waals surface area contributed by atoms with E-state index >= 15 is 0 Å². The molecule has 2 saturated heterocycles. The number of rotatable bonds is 8. The van der Waals surface area contributed by atoms with Gasteiger partial charge in [0.1, 0.15) is 41.7 Å². The Morgan fingerprint density at radius 3 is 1.98 bits per heavy atom. The van der Waals surface area contributed by atoms with Crippen molar-refractivity contribution in [1.29, 1.82) is 0 Å². The van der Waals surface area contributed by atoms with Gasteiger partial charge in [-0.3, -0.25) is 0 Å². The number of aliphatic hydroxyl groups is 4. The average molecular weight is 650 g/mol. The number of carbonyl (C=O) groups is 2. The van der Waals surface area contributed by atoms with Gasteiger partial charge in [-0.2, -0.15) is 0 Å². The van der Waals surface area contributed by atoms with Crippen LogP contribution in [0.5, 0.6) is 0 Å². The van der Waals surface area contributed by atoms with E-state index in [2.05, 4.69) is 10.6 Å². The first-order valence-corrected chi connectivity index (χ1v) is 15.8. The summed E-state index contributed by atoms with van der Waals surface area (Å²) in [5.41, 5.74) is 4.72. The molecule has 3 fully saturated rings. The van der Waals surface area contributed by atoms with E-state index in [1.54, 1.807) is 48.5 Å². The lowest BCUT2D eigenvalue weighted by molar-refractivity contribution is -0.319. The Kier molecular flexibility index (Phi) is 12.9. The zero-order valence-electron chi connectivity index (χ0n) is 27.7. The van der Waals surface area contributed by atoms with Crippen molar-refractivity contribution in [2.24, 2.45) is 11.7 Å². The second-order valence-electron chi connectivity index (χ2n) is 14.3. The third-order valence-electron chi connectivity index (χ3n) is 8.06. The van der Waals surface area contributed by atoms with Crippen molar-refractivity contribution < 1.29 is 58.4 Å². The van der Waals surface area contributed by atoms with Gasteiger partial charge in [0.2, 0.25) is 0 Å². The summed E-state index contributed by atoms with van der Waals surface area (Å²) in [6.45, 7) is 13.3. The van der Waals surface area contributed by atoms with Gasteiger partial charge in [0.25, 0.3) is 0 Å². The second kappa shape index (κ2) is 15.4. The third kappa shape index (κ3) is 10.3. The first kappa shape index (κ1) is 37.6. The molecular formula is C30H55N3O12. The van der Waals surface area contributed by atoms with Gasteiger partial charge in [0, 0.05) is 0 Å². The minimum Gasteiger partial charge on any atom is -0.444 e. The second-order valence-corrected chi connectivity index (χ2v) is 14.3. The van der Waals surface area contributed by atoms with Crippen molar-refractivity contribution in [2.45, 2.75) is 166 Å². The van der Waals surface area contributed by atoms with Crippen molar-refractivity contribution in [1.82, 2.24) is 10.6 Å². The molecule has 2 amide bonds. The average Bonchev–Trinajstić information content (AvgIpc) is 2.91. The van der Waals surface area contributed by atoms with E-state index in [-0.39, 0.29) is 12.5 Å². The monoisotopic (exact) mass is 649 g/mol. The van der Waals surface area contributed by atoms with E-state index in [0.29, 0.717) is 6.42 Å². The van der Waals surface area contributed by atoms with Gasteiger partial charge in [-0.1, -0.05) is 13.8 Å². The number of hydrogen-bond donors (Lipinski definition) is 7. The summed E-state index contributed by atoms with van der Waals surface area (Å²) in [6.07, 6.45) is -9.44. The van der Waals surface area contributed by atoms with Crippen LogP contribution in [0.2, 0.25) is 0 Å². The van der Waals surface area contributed by atoms with Crippen molar-refractivity contribution >= 4 is 12.2 Å². The largest absolute Gasteiger partial charge is 0.444 e. The summed E-state index contributed by atoms with van der Waals surface area (Å²) in [6, 6.07) is -2.54. The molecule has 2 heterocycles. The molecule has 0 radical (unpaired) electrons. The molecule has 3 rings (SSSR count). The van der Waals surface area contributed by atoms with E-state index in [9.17, 15) is 30.0 Å². The SMILES string of the molecule is CCC1CCC(N)C(OC2C(NC(=O)OC(C)(C)C)CC(C)C(OC3OC(CO)C(O)C(NC(=O)OC(C)(C)C)C3O)C2O)O1. The molecular weight excluding hydrogens is 594 g/mol. The Bertz CT molecular complexity index is 975. The van der Waals surface area contributed by atoms with Crippen LogP contribution in [0.15, 0.2) is 0 Å². The van der Waals surface area contributed by atoms with Crippen LogP contribution in [0, 0.1) is 5.92 Å². The van der Waals surface area contributed by atoms with Crippen molar-refractivity contribution in [3.8, 4) is 0 Å². The van der Waals surface area contributed by atoms with Crippen LogP contribution in [0.25, 0.3) is 0 Å². The Balaban J connectivity index is 1.84. The van der Waals surface area contributed by atoms with Crippen molar-refractivity contribution in [2.75, 3.05) is 6.61 Å². The summed E-state index contributed by atoms with van der Waals surface area (Å²) >= 11 is 0. The summed E-state index contributed by atoms with van der Waals surface area (Å²) in [5.74, 6) is -0.434. The number of ether oxygens (including phenoxy) is 6. The Morgan fingerprint density at radius 1 is 0.844 bits per heavy atom. The first-order chi connectivity index (χ1) is 20.8. The van der Waals surface area contributed by atoms with Gasteiger partial charge in [-0.15, -0.1) is 0 Å².